The van der Waals surface area contributed by atoms with Gasteiger partial charge < -0.3 is 10.4 Å². The molecular weight excluding hydrogens is 390 g/mol. The van der Waals surface area contributed by atoms with Crippen LogP contribution < -0.4 is 10.0 Å². The maximum atomic E-state index is 12.6. The Labute approximate surface area is 172 Å². The quantitative estimate of drug-likeness (QED) is 0.675. The molecular formula is C21H31N3O4S. The van der Waals surface area contributed by atoms with Crippen molar-refractivity contribution >= 4 is 21.7 Å². The number of anilines is 1. The fourth-order valence-electron chi connectivity index (χ4n) is 5.22. The summed E-state index contributed by atoms with van der Waals surface area (Å²) in [6.07, 6.45) is 6.55. The lowest BCUT2D eigenvalue weighted by Gasteiger charge is -2.36. The van der Waals surface area contributed by atoms with Gasteiger partial charge in [-0.15, -0.1) is 0 Å². The van der Waals surface area contributed by atoms with Crippen molar-refractivity contribution in [2.75, 3.05) is 24.7 Å². The van der Waals surface area contributed by atoms with Crippen LogP contribution in [0.15, 0.2) is 6.07 Å². The van der Waals surface area contributed by atoms with Crippen molar-refractivity contribution in [2.24, 2.45) is 0 Å². The second-order valence-corrected chi connectivity index (χ2v) is 10.7. The molecule has 1 aromatic carbocycles. The first-order valence-corrected chi connectivity index (χ1v) is 12.2. The van der Waals surface area contributed by atoms with E-state index in [4.69, 9.17) is 0 Å². The van der Waals surface area contributed by atoms with Crippen LogP contribution >= 0.6 is 0 Å². The molecule has 1 aromatic rings. The van der Waals surface area contributed by atoms with Gasteiger partial charge in [0.1, 0.15) is 0 Å². The number of nitrogens with zero attached hydrogens (tertiary/aromatic N) is 1. The topological polar surface area (TPSA) is 98.7 Å². The number of hydrogen-bond donors (Lipinski definition) is 3. The number of benzene rings is 1. The molecule has 3 aliphatic rings. The number of carbonyl (C=O) groups is 1. The maximum absolute atomic E-state index is 12.6. The number of sulfonamides is 1. The smallest absolute Gasteiger partial charge is 0.332 e. The average molecular weight is 422 g/mol. The van der Waals surface area contributed by atoms with Crippen molar-refractivity contribution in [3.8, 4) is 0 Å². The Kier molecular flexibility index (Phi) is 5.38. The van der Waals surface area contributed by atoms with Gasteiger partial charge in [0.25, 0.3) is 0 Å². The molecule has 2 aliphatic carbocycles. The Bertz CT molecular complexity index is 898. The van der Waals surface area contributed by atoms with Crippen LogP contribution in [0.25, 0.3) is 0 Å². The van der Waals surface area contributed by atoms with E-state index >= 15 is 0 Å². The standard InChI is InChI=1S/C21H31N3O4S/c1-21(10-5-11-24(21)2)18(25)13-29(27,28)23-20(26)22-19-16-8-3-6-14(16)12-15-7-4-9-17(15)19/h12,18,25H,3-11,13H2,1-2H3,(H2,22,23,26)/t18-,21+/m0/s1. The molecule has 0 spiro atoms. The van der Waals surface area contributed by atoms with Crippen LogP contribution in [0, 0.1) is 0 Å². The molecule has 3 N–H and O–H groups in total. The molecule has 0 aromatic heterocycles. The summed E-state index contributed by atoms with van der Waals surface area (Å²) >= 11 is 0. The zero-order chi connectivity index (χ0) is 20.8. The van der Waals surface area contributed by atoms with Gasteiger partial charge >= 0.3 is 6.03 Å². The molecule has 2 amide bonds. The zero-order valence-electron chi connectivity index (χ0n) is 17.3. The van der Waals surface area contributed by atoms with Gasteiger partial charge in [-0.25, -0.2) is 17.9 Å². The summed E-state index contributed by atoms with van der Waals surface area (Å²) in [5.74, 6) is -0.494. The molecule has 8 heteroatoms. The molecule has 0 bridgehead atoms. The number of carbonyl (C=O) groups excluding carboxylic acids is 1. The molecule has 0 unspecified atom stereocenters. The second-order valence-electron chi connectivity index (χ2n) is 8.97. The van der Waals surface area contributed by atoms with Gasteiger partial charge in [-0.05, 0) is 94.1 Å². The van der Waals surface area contributed by atoms with Crippen molar-refractivity contribution in [1.82, 2.24) is 9.62 Å². The van der Waals surface area contributed by atoms with Crippen molar-refractivity contribution in [3.05, 3.63) is 28.3 Å². The first-order valence-electron chi connectivity index (χ1n) is 10.6. The number of aryl methyl sites for hydroxylation is 2. The van der Waals surface area contributed by atoms with E-state index in [1.54, 1.807) is 0 Å². The summed E-state index contributed by atoms with van der Waals surface area (Å²) in [6.45, 7) is 2.70. The van der Waals surface area contributed by atoms with Gasteiger partial charge in [-0.1, -0.05) is 6.07 Å². The minimum absolute atomic E-state index is 0.494. The summed E-state index contributed by atoms with van der Waals surface area (Å²) in [5.41, 5.74) is 5.07. The molecule has 160 valence electrons. The minimum Gasteiger partial charge on any atom is -0.390 e. The molecule has 1 heterocycles. The normalized spacial score (nSPS) is 24.9. The third kappa shape index (κ3) is 3.90. The average Bonchev–Trinajstić information content (AvgIpc) is 3.35. The van der Waals surface area contributed by atoms with Crippen molar-refractivity contribution in [2.45, 2.75) is 69.9 Å². The summed E-state index contributed by atoms with van der Waals surface area (Å²) in [7, 11) is -2.08. The van der Waals surface area contributed by atoms with Crippen molar-refractivity contribution in [1.29, 1.82) is 0 Å². The molecule has 0 saturated carbocycles. The van der Waals surface area contributed by atoms with Crippen LogP contribution in [0.1, 0.15) is 54.9 Å². The van der Waals surface area contributed by atoms with Gasteiger partial charge in [-0.3, -0.25) is 4.90 Å². The number of aliphatic hydroxyl groups is 1. The fraction of sp³-hybridized carbons (Fsp3) is 0.667. The van der Waals surface area contributed by atoms with Crippen LogP contribution in [0.5, 0.6) is 0 Å². The number of aliphatic hydroxyl groups excluding tert-OH is 1. The number of amides is 2. The van der Waals surface area contributed by atoms with E-state index in [1.165, 1.54) is 11.1 Å². The van der Waals surface area contributed by atoms with E-state index in [1.807, 2.05) is 18.9 Å². The van der Waals surface area contributed by atoms with Crippen molar-refractivity contribution < 1.29 is 18.3 Å². The molecule has 1 aliphatic heterocycles. The number of urea groups is 1. The number of hydrogen-bond acceptors (Lipinski definition) is 5. The summed E-state index contributed by atoms with van der Waals surface area (Å²) < 4.78 is 27.2. The molecule has 2 atom stereocenters. The predicted molar refractivity (Wildman–Crippen MR) is 113 cm³/mol. The van der Waals surface area contributed by atoms with Gasteiger partial charge in [0.2, 0.25) is 10.0 Å². The van der Waals surface area contributed by atoms with Gasteiger partial charge in [0.05, 0.1) is 11.9 Å². The fourth-order valence-corrected chi connectivity index (χ4v) is 6.41. The summed E-state index contributed by atoms with van der Waals surface area (Å²) in [4.78, 5) is 14.6. The van der Waals surface area contributed by atoms with E-state index in [-0.39, 0.29) is 0 Å². The van der Waals surface area contributed by atoms with Gasteiger partial charge in [-0.2, -0.15) is 0 Å². The third-order valence-corrected chi connectivity index (χ3v) is 8.35. The van der Waals surface area contributed by atoms with E-state index in [9.17, 15) is 18.3 Å². The number of likely N-dealkylation sites (tertiary alicyclic amines) is 1. The van der Waals surface area contributed by atoms with Crippen LogP contribution in [-0.2, 0) is 35.7 Å². The lowest BCUT2D eigenvalue weighted by atomic mass is 9.93. The highest BCUT2D eigenvalue weighted by molar-refractivity contribution is 7.90. The Balaban J connectivity index is 1.46. The molecule has 1 fully saturated rings. The number of nitrogens with one attached hydrogen (secondary N) is 2. The predicted octanol–water partition coefficient (Wildman–Crippen LogP) is 1.96. The molecule has 7 nitrogen and oxygen atoms in total. The largest absolute Gasteiger partial charge is 0.390 e. The van der Waals surface area contributed by atoms with E-state index in [0.717, 1.165) is 74.7 Å². The van der Waals surface area contributed by atoms with Crippen LogP contribution in [0.2, 0.25) is 0 Å². The maximum Gasteiger partial charge on any atom is 0.332 e. The Morgan fingerprint density at radius 1 is 1.17 bits per heavy atom. The van der Waals surface area contributed by atoms with E-state index in [2.05, 4.69) is 16.1 Å². The number of fused-ring (bicyclic) bond motifs is 2. The minimum atomic E-state index is -3.97. The first-order chi connectivity index (χ1) is 13.7. The number of rotatable bonds is 5. The van der Waals surface area contributed by atoms with Crippen LogP contribution in [-0.4, -0.2) is 55.4 Å². The van der Waals surface area contributed by atoms with E-state index < -0.39 is 33.5 Å². The highest BCUT2D eigenvalue weighted by atomic mass is 32.2. The molecule has 1 saturated heterocycles. The van der Waals surface area contributed by atoms with E-state index in [0.29, 0.717) is 0 Å². The highest BCUT2D eigenvalue weighted by Crippen LogP contribution is 2.38. The van der Waals surface area contributed by atoms with Crippen molar-refractivity contribution in [3.63, 3.8) is 0 Å². The molecule has 0 radical (unpaired) electrons. The van der Waals surface area contributed by atoms with Crippen LogP contribution in [0.3, 0.4) is 0 Å². The summed E-state index contributed by atoms with van der Waals surface area (Å²) in [6, 6.07) is 1.52. The SMILES string of the molecule is CN1CCC[C@]1(C)[C@@H](O)CS(=O)(=O)NC(=O)Nc1c2c(cc3c1CCC3)CCC2. The lowest BCUT2D eigenvalue weighted by Crippen LogP contribution is -2.53. The number of likely N-dealkylation sites (N-methyl/N-ethyl adjacent to an activating group) is 1. The Hall–Kier alpha value is -1.64. The summed E-state index contributed by atoms with van der Waals surface area (Å²) in [5, 5.41) is 13.4. The first kappa shape index (κ1) is 20.6. The Morgan fingerprint density at radius 2 is 1.79 bits per heavy atom. The monoisotopic (exact) mass is 421 g/mol. The van der Waals surface area contributed by atoms with Gasteiger partial charge in [0, 0.05) is 11.2 Å². The molecule has 29 heavy (non-hydrogen) atoms. The molecule has 4 rings (SSSR count). The second kappa shape index (κ2) is 7.56. The zero-order valence-corrected chi connectivity index (χ0v) is 18.1. The van der Waals surface area contributed by atoms with Crippen LogP contribution in [0.4, 0.5) is 10.5 Å². The highest BCUT2D eigenvalue weighted by Gasteiger charge is 2.42. The Morgan fingerprint density at radius 3 is 2.34 bits per heavy atom. The third-order valence-electron chi connectivity index (χ3n) is 7.10. The van der Waals surface area contributed by atoms with Gasteiger partial charge in [0.15, 0.2) is 0 Å². The lowest BCUT2D eigenvalue weighted by molar-refractivity contribution is 0.0320.